The van der Waals surface area contributed by atoms with Crippen LogP contribution in [0.4, 0.5) is 0 Å². The second-order valence-electron chi connectivity index (χ2n) is 6.82. The fourth-order valence-corrected chi connectivity index (χ4v) is 4.29. The van der Waals surface area contributed by atoms with Gasteiger partial charge >= 0.3 is 5.97 Å². The molecular formula is C24H22ClNO6S. The molecule has 1 aliphatic heterocycles. The van der Waals surface area contributed by atoms with Gasteiger partial charge < -0.3 is 19.3 Å². The Hall–Kier alpha value is -3.23. The average Bonchev–Trinajstić information content (AvgIpc) is 3.09. The van der Waals surface area contributed by atoms with Crippen LogP contribution in [0.25, 0.3) is 6.08 Å². The minimum Gasteiger partial charge on any atom is -0.506 e. The Balaban J connectivity index is 2.08. The van der Waals surface area contributed by atoms with Crippen molar-refractivity contribution in [1.82, 2.24) is 0 Å². The third-order valence-corrected chi connectivity index (χ3v) is 6.09. The van der Waals surface area contributed by atoms with E-state index in [1.54, 1.807) is 50.3 Å². The summed E-state index contributed by atoms with van der Waals surface area (Å²) in [5, 5.41) is 11.2. The van der Waals surface area contributed by atoms with Crippen molar-refractivity contribution in [2.75, 3.05) is 20.8 Å². The van der Waals surface area contributed by atoms with Crippen LogP contribution < -0.4 is 9.47 Å². The van der Waals surface area contributed by atoms with Crippen molar-refractivity contribution in [2.24, 2.45) is 4.99 Å². The van der Waals surface area contributed by atoms with Crippen molar-refractivity contribution in [3.05, 3.63) is 74.3 Å². The summed E-state index contributed by atoms with van der Waals surface area (Å²) in [6.45, 7) is 3.53. The molecule has 1 N–H and O–H groups in total. The molecule has 0 aromatic heterocycles. The minimum absolute atomic E-state index is 0.0436. The van der Waals surface area contributed by atoms with Gasteiger partial charge in [0.15, 0.2) is 11.5 Å². The number of halogens is 1. The van der Waals surface area contributed by atoms with Gasteiger partial charge in [0.1, 0.15) is 16.4 Å². The van der Waals surface area contributed by atoms with E-state index in [2.05, 4.69) is 4.99 Å². The van der Waals surface area contributed by atoms with Crippen LogP contribution in [0.3, 0.4) is 0 Å². The van der Waals surface area contributed by atoms with E-state index >= 15 is 0 Å². The zero-order valence-corrected chi connectivity index (χ0v) is 20.0. The first-order chi connectivity index (χ1) is 15.8. The highest BCUT2D eigenvalue weighted by molar-refractivity contribution is 8.18. The Morgan fingerprint density at radius 2 is 1.82 bits per heavy atom. The van der Waals surface area contributed by atoms with Crippen LogP contribution in [0.15, 0.2) is 57.6 Å². The number of amides is 1. The van der Waals surface area contributed by atoms with E-state index in [9.17, 15) is 14.7 Å². The number of aliphatic imine (C=N–C) groups is 1. The van der Waals surface area contributed by atoms with Gasteiger partial charge in [-0.25, -0.2) is 9.79 Å². The number of hydrogen-bond acceptors (Lipinski definition) is 7. The molecule has 0 fully saturated rings. The molecule has 2 aromatic rings. The number of methoxy groups -OCH3 is 2. The van der Waals surface area contributed by atoms with Crippen LogP contribution in [-0.4, -0.2) is 42.9 Å². The highest BCUT2D eigenvalue weighted by Gasteiger charge is 2.34. The number of carbonyl (C=O) groups excluding carboxylic acids is 2. The van der Waals surface area contributed by atoms with E-state index in [4.69, 9.17) is 25.8 Å². The third-order valence-electron chi connectivity index (χ3n) is 4.74. The van der Waals surface area contributed by atoms with E-state index in [1.807, 2.05) is 6.07 Å². The molecule has 3 rings (SSSR count). The molecule has 9 heteroatoms. The Bertz CT molecular complexity index is 1200. The first-order valence-corrected chi connectivity index (χ1v) is 11.1. The molecule has 2 aromatic carbocycles. The molecule has 0 radical (unpaired) electrons. The number of aliphatic hydroxyl groups is 1. The number of rotatable bonds is 6. The monoisotopic (exact) mass is 487 g/mol. The standard InChI is InChI=1S/C24H22ClNO6S/c1-5-32-24(29)20-21(27)19(11-14-10-17(30-3)18(31-4)12-16(14)25)33-23(20)26-22(28)15-9-7-6-8-13(15)2/h6-12,27H,5H2,1-4H3/b19-11-,26-23?. The molecule has 7 nitrogen and oxygen atoms in total. The summed E-state index contributed by atoms with van der Waals surface area (Å²) < 4.78 is 15.6. The molecule has 172 valence electrons. The summed E-state index contributed by atoms with van der Waals surface area (Å²) in [6, 6.07) is 10.2. The maximum Gasteiger partial charge on any atom is 0.344 e. The third kappa shape index (κ3) is 5.23. The number of benzene rings is 2. The number of ether oxygens (including phenoxy) is 3. The van der Waals surface area contributed by atoms with E-state index in [-0.39, 0.29) is 27.9 Å². The highest BCUT2D eigenvalue weighted by atomic mass is 35.5. The Morgan fingerprint density at radius 3 is 2.45 bits per heavy atom. The lowest BCUT2D eigenvalue weighted by atomic mass is 10.1. The van der Waals surface area contributed by atoms with Crippen molar-refractivity contribution in [3.8, 4) is 11.5 Å². The van der Waals surface area contributed by atoms with Crippen molar-refractivity contribution in [3.63, 3.8) is 0 Å². The minimum atomic E-state index is -0.777. The summed E-state index contributed by atoms with van der Waals surface area (Å²) in [4.78, 5) is 29.8. The molecule has 0 atom stereocenters. The number of aryl methyl sites for hydroxylation is 1. The zero-order chi connectivity index (χ0) is 24.1. The second kappa shape index (κ2) is 10.6. The number of aliphatic hydroxyl groups excluding tert-OH is 1. The second-order valence-corrected chi connectivity index (χ2v) is 8.26. The van der Waals surface area contributed by atoms with Crippen molar-refractivity contribution in [1.29, 1.82) is 0 Å². The summed E-state index contributed by atoms with van der Waals surface area (Å²) >= 11 is 7.34. The molecule has 1 aliphatic rings. The Morgan fingerprint density at radius 1 is 1.15 bits per heavy atom. The number of carbonyl (C=O) groups is 2. The number of thioether (sulfide) groups is 1. The van der Waals surface area contributed by atoms with E-state index < -0.39 is 11.9 Å². The van der Waals surface area contributed by atoms with Crippen molar-refractivity contribution >= 4 is 46.4 Å². The maximum atomic E-state index is 12.8. The fraction of sp³-hybridized carbons (Fsp3) is 0.208. The van der Waals surface area contributed by atoms with Crippen LogP contribution in [0.5, 0.6) is 11.5 Å². The fourth-order valence-electron chi connectivity index (χ4n) is 3.08. The lowest BCUT2D eigenvalue weighted by molar-refractivity contribution is -0.138. The zero-order valence-electron chi connectivity index (χ0n) is 18.5. The van der Waals surface area contributed by atoms with Gasteiger partial charge in [-0.2, -0.15) is 0 Å². The molecule has 33 heavy (non-hydrogen) atoms. The lowest BCUT2D eigenvalue weighted by Crippen LogP contribution is -2.14. The predicted octanol–water partition coefficient (Wildman–Crippen LogP) is 5.37. The number of esters is 1. The summed E-state index contributed by atoms with van der Waals surface area (Å²) in [5.41, 5.74) is 1.48. The molecule has 0 bridgehead atoms. The van der Waals surface area contributed by atoms with Crippen LogP contribution in [0.2, 0.25) is 5.02 Å². The molecule has 1 heterocycles. The Kier molecular flexibility index (Phi) is 7.84. The maximum absolute atomic E-state index is 12.8. The number of nitrogens with zero attached hydrogens (tertiary/aromatic N) is 1. The molecule has 0 spiro atoms. The van der Waals surface area contributed by atoms with E-state index in [1.165, 1.54) is 14.2 Å². The lowest BCUT2D eigenvalue weighted by Gasteiger charge is -2.10. The van der Waals surface area contributed by atoms with Crippen LogP contribution in [0, 0.1) is 6.92 Å². The van der Waals surface area contributed by atoms with Crippen LogP contribution in [0.1, 0.15) is 28.4 Å². The van der Waals surface area contributed by atoms with E-state index in [0.29, 0.717) is 27.6 Å². The molecule has 0 saturated heterocycles. The van der Waals surface area contributed by atoms with Gasteiger partial charge in [-0.05, 0) is 43.2 Å². The van der Waals surface area contributed by atoms with Gasteiger partial charge in [0.25, 0.3) is 5.91 Å². The van der Waals surface area contributed by atoms with Crippen molar-refractivity contribution < 1.29 is 28.9 Å². The largest absolute Gasteiger partial charge is 0.506 e. The van der Waals surface area contributed by atoms with Gasteiger partial charge in [0.05, 0.1) is 30.8 Å². The first-order valence-electron chi connectivity index (χ1n) is 9.91. The van der Waals surface area contributed by atoms with Gasteiger partial charge in [-0.15, -0.1) is 0 Å². The smallest absolute Gasteiger partial charge is 0.344 e. The van der Waals surface area contributed by atoms with Gasteiger partial charge in [-0.1, -0.05) is 41.6 Å². The van der Waals surface area contributed by atoms with Crippen molar-refractivity contribution in [2.45, 2.75) is 13.8 Å². The predicted molar refractivity (Wildman–Crippen MR) is 129 cm³/mol. The Labute approximate surface area is 200 Å². The molecule has 1 amide bonds. The van der Waals surface area contributed by atoms with Crippen LogP contribution in [-0.2, 0) is 9.53 Å². The SMILES string of the molecule is CCOC(=O)C1=C(O)/C(=C/c2cc(OC)c(OC)cc2Cl)SC1=NC(=O)c1ccccc1C. The molecule has 0 unspecified atom stereocenters. The van der Waals surface area contributed by atoms with Gasteiger partial charge in [-0.3, -0.25) is 4.79 Å². The average molecular weight is 488 g/mol. The summed E-state index contributed by atoms with van der Waals surface area (Å²) in [7, 11) is 2.98. The molecular weight excluding hydrogens is 466 g/mol. The van der Waals surface area contributed by atoms with E-state index in [0.717, 1.165) is 17.3 Å². The summed E-state index contributed by atoms with van der Waals surface area (Å²) in [6.07, 6.45) is 1.57. The molecule has 0 saturated carbocycles. The van der Waals surface area contributed by atoms with Crippen LogP contribution >= 0.6 is 23.4 Å². The first kappa shape index (κ1) is 24.4. The highest BCUT2D eigenvalue weighted by Crippen LogP contribution is 2.41. The summed E-state index contributed by atoms with van der Waals surface area (Å²) in [5.74, 6) is -0.770. The number of hydrogen-bond donors (Lipinski definition) is 1. The van der Waals surface area contributed by atoms with Gasteiger partial charge in [0, 0.05) is 11.6 Å². The quantitative estimate of drug-likeness (QED) is 0.547. The molecule has 0 aliphatic carbocycles. The topological polar surface area (TPSA) is 94.4 Å². The van der Waals surface area contributed by atoms with Gasteiger partial charge in [0.2, 0.25) is 0 Å². The normalized spacial score (nSPS) is 15.8.